The molecule has 0 aliphatic carbocycles. The van der Waals surface area contributed by atoms with Gasteiger partial charge in [-0.05, 0) is 50.2 Å². The van der Waals surface area contributed by atoms with Crippen molar-refractivity contribution in [2.24, 2.45) is 0 Å². The third-order valence-corrected chi connectivity index (χ3v) is 6.73. The number of hydrogen-bond donors (Lipinski definition) is 1. The quantitative estimate of drug-likeness (QED) is 0.741. The van der Waals surface area contributed by atoms with E-state index in [1.807, 2.05) is 6.07 Å². The highest BCUT2D eigenvalue weighted by atomic mass is 32.2. The van der Waals surface area contributed by atoms with Crippen LogP contribution in [0.15, 0.2) is 47.5 Å². The molecule has 1 saturated heterocycles. The predicted octanol–water partition coefficient (Wildman–Crippen LogP) is 2.20. The Bertz CT molecular complexity index is 920. The summed E-state index contributed by atoms with van der Waals surface area (Å²) in [5.74, 6) is 0.531. The van der Waals surface area contributed by atoms with Gasteiger partial charge in [-0.15, -0.1) is 0 Å². The van der Waals surface area contributed by atoms with Crippen molar-refractivity contribution < 1.29 is 17.9 Å². The second-order valence-electron chi connectivity index (χ2n) is 6.57. The molecule has 1 fully saturated rings. The second kappa shape index (κ2) is 9.34. The minimum absolute atomic E-state index is 0.168. The number of pyridine rings is 1. The Labute approximate surface area is 171 Å². The number of morpholine rings is 1. The summed E-state index contributed by atoms with van der Waals surface area (Å²) < 4.78 is 31.9. The molecule has 2 aromatic rings. The van der Waals surface area contributed by atoms with Gasteiger partial charge >= 0.3 is 0 Å². The van der Waals surface area contributed by atoms with Crippen LogP contribution in [0, 0.1) is 0 Å². The molecule has 1 N–H and O–H groups in total. The van der Waals surface area contributed by atoms with Crippen LogP contribution in [-0.2, 0) is 14.8 Å². The highest BCUT2D eigenvalue weighted by Gasteiger charge is 2.26. The Morgan fingerprint density at radius 3 is 2.31 bits per heavy atom. The van der Waals surface area contributed by atoms with E-state index in [1.165, 1.54) is 28.6 Å². The average Bonchev–Trinajstić information content (AvgIpc) is 2.76. The van der Waals surface area contributed by atoms with Gasteiger partial charge in [0.1, 0.15) is 5.82 Å². The molecule has 1 aliphatic rings. The predicted molar refractivity (Wildman–Crippen MR) is 112 cm³/mol. The van der Waals surface area contributed by atoms with Crippen molar-refractivity contribution in [1.82, 2.24) is 9.29 Å². The smallest absolute Gasteiger partial charge is 0.255 e. The van der Waals surface area contributed by atoms with Gasteiger partial charge in [0.15, 0.2) is 0 Å². The molecule has 0 saturated carbocycles. The molecule has 1 aromatic carbocycles. The minimum Gasteiger partial charge on any atom is -0.379 e. The fourth-order valence-electron chi connectivity index (χ4n) is 3.11. The van der Waals surface area contributed by atoms with Gasteiger partial charge in [-0.1, -0.05) is 0 Å². The summed E-state index contributed by atoms with van der Waals surface area (Å²) in [7, 11) is -3.57. The fourth-order valence-corrected chi connectivity index (χ4v) is 4.52. The largest absolute Gasteiger partial charge is 0.379 e. The number of benzene rings is 1. The zero-order chi connectivity index (χ0) is 20.9. The molecule has 0 radical (unpaired) electrons. The first-order chi connectivity index (χ1) is 14.0. The first kappa shape index (κ1) is 21.2. The number of nitrogens with one attached hydrogen (secondary N) is 1. The maximum absolute atomic E-state index is 12.7. The highest BCUT2D eigenvalue weighted by Crippen LogP contribution is 2.19. The van der Waals surface area contributed by atoms with E-state index in [0.717, 1.165) is 18.9 Å². The molecule has 0 unspecified atom stereocenters. The maximum atomic E-state index is 12.7. The number of amides is 1. The lowest BCUT2D eigenvalue weighted by Gasteiger charge is -2.26. The second-order valence-corrected chi connectivity index (χ2v) is 8.51. The van der Waals surface area contributed by atoms with Crippen LogP contribution >= 0.6 is 0 Å². The van der Waals surface area contributed by atoms with Gasteiger partial charge in [0.25, 0.3) is 5.91 Å². The molecular formula is C20H26N4O4S. The van der Waals surface area contributed by atoms with Gasteiger partial charge in [-0.2, -0.15) is 4.31 Å². The van der Waals surface area contributed by atoms with Gasteiger partial charge < -0.3 is 15.0 Å². The molecule has 3 rings (SSSR count). The van der Waals surface area contributed by atoms with Gasteiger partial charge in [-0.3, -0.25) is 4.79 Å². The van der Waals surface area contributed by atoms with Crippen LogP contribution in [0.2, 0.25) is 0 Å². The van der Waals surface area contributed by atoms with E-state index in [-0.39, 0.29) is 10.8 Å². The van der Waals surface area contributed by atoms with Crippen molar-refractivity contribution in [3.63, 3.8) is 0 Å². The summed E-state index contributed by atoms with van der Waals surface area (Å²) in [6.07, 6.45) is 1.61. The molecule has 1 aromatic heterocycles. The van der Waals surface area contributed by atoms with Crippen molar-refractivity contribution in [3.05, 3.63) is 48.2 Å². The number of sulfonamides is 1. The maximum Gasteiger partial charge on any atom is 0.255 e. The molecular weight excluding hydrogens is 392 g/mol. The fraction of sp³-hybridized carbons (Fsp3) is 0.400. The van der Waals surface area contributed by atoms with Crippen LogP contribution in [0.25, 0.3) is 0 Å². The van der Waals surface area contributed by atoms with Crippen LogP contribution in [0.3, 0.4) is 0 Å². The van der Waals surface area contributed by atoms with Crippen LogP contribution < -0.4 is 10.2 Å². The number of carbonyl (C=O) groups is 1. The highest BCUT2D eigenvalue weighted by molar-refractivity contribution is 7.89. The van der Waals surface area contributed by atoms with E-state index < -0.39 is 10.0 Å². The van der Waals surface area contributed by atoms with Crippen molar-refractivity contribution >= 4 is 27.4 Å². The Morgan fingerprint density at radius 1 is 1.10 bits per heavy atom. The summed E-state index contributed by atoms with van der Waals surface area (Å²) in [6.45, 7) is 7.28. The molecule has 0 spiro atoms. The van der Waals surface area contributed by atoms with Crippen molar-refractivity contribution in [1.29, 1.82) is 0 Å². The van der Waals surface area contributed by atoms with Gasteiger partial charge in [0.2, 0.25) is 10.0 Å². The van der Waals surface area contributed by atoms with Gasteiger partial charge in [0.05, 0.1) is 30.0 Å². The number of aromatic nitrogens is 1. The number of nitrogens with zero attached hydrogens (tertiary/aromatic N) is 3. The normalized spacial score (nSPS) is 15.1. The molecule has 29 heavy (non-hydrogen) atoms. The number of hydrogen-bond acceptors (Lipinski definition) is 6. The van der Waals surface area contributed by atoms with Crippen molar-refractivity contribution in [3.8, 4) is 0 Å². The summed E-state index contributed by atoms with van der Waals surface area (Å²) in [6, 6.07) is 9.61. The summed E-state index contributed by atoms with van der Waals surface area (Å²) in [5.41, 5.74) is 0.953. The molecule has 8 nitrogen and oxygen atoms in total. The number of rotatable bonds is 7. The molecule has 1 aliphatic heterocycles. The Hall–Kier alpha value is -2.49. The molecule has 0 atom stereocenters. The van der Waals surface area contributed by atoms with E-state index in [4.69, 9.17) is 4.74 Å². The third-order valence-electron chi connectivity index (χ3n) is 4.82. The first-order valence-electron chi connectivity index (χ1n) is 9.66. The third kappa shape index (κ3) is 4.92. The SMILES string of the molecule is CCN(CC)c1ccc(NC(=O)c2ccc(S(=O)(=O)N3CCOCC3)cc2)cn1. The van der Waals surface area contributed by atoms with Crippen LogP contribution in [0.5, 0.6) is 0 Å². The van der Waals surface area contributed by atoms with Crippen LogP contribution in [0.4, 0.5) is 11.5 Å². The lowest BCUT2D eigenvalue weighted by Crippen LogP contribution is -2.40. The summed E-state index contributed by atoms with van der Waals surface area (Å²) in [5, 5.41) is 2.79. The Morgan fingerprint density at radius 2 is 1.76 bits per heavy atom. The Balaban J connectivity index is 1.67. The number of ether oxygens (including phenoxy) is 1. The zero-order valence-corrected chi connectivity index (χ0v) is 17.5. The zero-order valence-electron chi connectivity index (χ0n) is 16.7. The number of anilines is 2. The molecule has 9 heteroatoms. The minimum atomic E-state index is -3.57. The van der Waals surface area contributed by atoms with Crippen LogP contribution in [-0.4, -0.2) is 63.0 Å². The van der Waals surface area contributed by atoms with E-state index in [2.05, 4.69) is 29.0 Å². The molecule has 156 valence electrons. The average molecular weight is 419 g/mol. The number of carbonyl (C=O) groups excluding carboxylic acids is 1. The van der Waals surface area contributed by atoms with Gasteiger partial charge in [-0.25, -0.2) is 13.4 Å². The lowest BCUT2D eigenvalue weighted by molar-refractivity contribution is 0.0730. The molecule has 2 heterocycles. The van der Waals surface area contributed by atoms with E-state index in [1.54, 1.807) is 12.3 Å². The van der Waals surface area contributed by atoms with Crippen molar-refractivity contribution in [2.75, 3.05) is 49.6 Å². The summed E-state index contributed by atoms with van der Waals surface area (Å²) in [4.78, 5) is 19.1. The van der Waals surface area contributed by atoms with E-state index in [9.17, 15) is 13.2 Å². The van der Waals surface area contributed by atoms with Gasteiger partial charge in [0, 0.05) is 31.7 Å². The topological polar surface area (TPSA) is 91.8 Å². The van der Waals surface area contributed by atoms with E-state index >= 15 is 0 Å². The standard InChI is InChI=1S/C20H26N4O4S/c1-3-23(4-2)19-10-7-17(15-21-19)22-20(25)16-5-8-18(9-6-16)29(26,27)24-11-13-28-14-12-24/h5-10,15H,3-4,11-14H2,1-2H3,(H,22,25). The first-order valence-corrected chi connectivity index (χ1v) is 11.1. The van der Waals surface area contributed by atoms with Crippen molar-refractivity contribution in [2.45, 2.75) is 18.7 Å². The Kier molecular flexibility index (Phi) is 6.83. The van der Waals surface area contributed by atoms with Crippen LogP contribution in [0.1, 0.15) is 24.2 Å². The van der Waals surface area contributed by atoms with E-state index in [0.29, 0.717) is 37.6 Å². The molecule has 0 bridgehead atoms. The summed E-state index contributed by atoms with van der Waals surface area (Å²) >= 11 is 0. The molecule has 1 amide bonds. The monoisotopic (exact) mass is 418 g/mol. The lowest BCUT2D eigenvalue weighted by atomic mass is 10.2.